The van der Waals surface area contributed by atoms with Crippen molar-refractivity contribution in [1.82, 2.24) is 10.2 Å². The van der Waals surface area contributed by atoms with E-state index in [1.165, 1.54) is 9.21 Å². The highest BCUT2D eigenvalue weighted by Crippen LogP contribution is 2.27. The Kier molecular flexibility index (Phi) is 10.4. The number of benzene rings is 2. The number of amides is 2. The lowest BCUT2D eigenvalue weighted by molar-refractivity contribution is -0.140. The zero-order chi connectivity index (χ0) is 26.3. The van der Waals surface area contributed by atoms with Gasteiger partial charge in [-0.15, -0.1) is 0 Å². The lowest BCUT2D eigenvalue weighted by Gasteiger charge is -2.30. The van der Waals surface area contributed by atoms with Gasteiger partial charge in [-0.05, 0) is 69.5 Å². The largest absolute Gasteiger partial charge is 0.352 e. The molecule has 2 aromatic rings. The Morgan fingerprint density at radius 2 is 1.69 bits per heavy atom. The third-order valence-corrected chi connectivity index (χ3v) is 7.08. The molecule has 0 aliphatic carbocycles. The number of sulfonamides is 1. The quantitative estimate of drug-likeness (QED) is 0.443. The molecule has 35 heavy (non-hydrogen) atoms. The van der Waals surface area contributed by atoms with Gasteiger partial charge in [-0.2, -0.15) is 0 Å². The highest BCUT2D eigenvalue weighted by Gasteiger charge is 2.27. The van der Waals surface area contributed by atoms with Crippen molar-refractivity contribution in [3.05, 3.63) is 63.6 Å². The molecule has 2 amide bonds. The summed E-state index contributed by atoms with van der Waals surface area (Å²) in [6.45, 7) is 7.49. The molecule has 0 heterocycles. The average Bonchev–Trinajstić information content (AvgIpc) is 2.75. The number of nitrogens with zero attached hydrogens (tertiary/aromatic N) is 2. The van der Waals surface area contributed by atoms with Crippen molar-refractivity contribution in [2.24, 2.45) is 0 Å². The Morgan fingerprint density at radius 1 is 1.03 bits per heavy atom. The van der Waals surface area contributed by atoms with Crippen LogP contribution in [0.2, 0.25) is 10.0 Å². The Labute approximate surface area is 218 Å². The minimum atomic E-state index is -3.60. The van der Waals surface area contributed by atoms with E-state index in [0.29, 0.717) is 15.7 Å². The minimum absolute atomic E-state index is 0.0610. The maximum atomic E-state index is 13.3. The van der Waals surface area contributed by atoms with Gasteiger partial charge in [0.15, 0.2) is 0 Å². The fourth-order valence-corrected chi connectivity index (χ4v) is 5.05. The van der Waals surface area contributed by atoms with Crippen molar-refractivity contribution in [2.45, 2.75) is 59.2 Å². The summed E-state index contributed by atoms with van der Waals surface area (Å²) in [5.41, 5.74) is 2.03. The van der Waals surface area contributed by atoms with Crippen LogP contribution in [-0.4, -0.2) is 50.0 Å². The third kappa shape index (κ3) is 8.70. The smallest absolute Gasteiger partial charge is 0.242 e. The number of hydrogen-bond donors (Lipinski definition) is 1. The van der Waals surface area contributed by atoms with E-state index in [1.807, 2.05) is 19.9 Å². The highest BCUT2D eigenvalue weighted by atomic mass is 35.5. The van der Waals surface area contributed by atoms with E-state index >= 15 is 0 Å². The van der Waals surface area contributed by atoms with Gasteiger partial charge in [-0.1, -0.05) is 41.4 Å². The normalized spacial score (nSPS) is 12.3. The van der Waals surface area contributed by atoms with Gasteiger partial charge < -0.3 is 10.2 Å². The van der Waals surface area contributed by atoms with Crippen molar-refractivity contribution in [2.75, 3.05) is 17.1 Å². The van der Waals surface area contributed by atoms with Gasteiger partial charge in [0.25, 0.3) is 0 Å². The van der Waals surface area contributed by atoms with E-state index in [2.05, 4.69) is 5.32 Å². The van der Waals surface area contributed by atoms with E-state index in [0.717, 1.165) is 17.4 Å². The highest BCUT2D eigenvalue weighted by molar-refractivity contribution is 7.92. The van der Waals surface area contributed by atoms with Crippen LogP contribution in [-0.2, 0) is 26.2 Å². The zero-order valence-corrected chi connectivity index (χ0v) is 23.0. The SMILES string of the molecule is Cc1ccc(Cl)cc1N(CCCC(=O)N(Cc1cccc(Cl)c1)[C@H](C)C(=O)NC(C)C)S(C)(=O)=O. The molecule has 0 fully saturated rings. The van der Waals surface area contributed by atoms with Crippen LogP contribution in [0.4, 0.5) is 5.69 Å². The zero-order valence-electron chi connectivity index (χ0n) is 20.7. The number of anilines is 1. The molecule has 0 unspecified atom stereocenters. The third-order valence-electron chi connectivity index (χ3n) is 5.43. The van der Waals surface area contributed by atoms with Crippen LogP contribution in [0.15, 0.2) is 42.5 Å². The van der Waals surface area contributed by atoms with Crippen LogP contribution in [0.5, 0.6) is 0 Å². The fourth-order valence-electron chi connectivity index (χ4n) is 3.65. The van der Waals surface area contributed by atoms with E-state index in [4.69, 9.17) is 23.2 Å². The van der Waals surface area contributed by atoms with Gasteiger partial charge in [-0.3, -0.25) is 13.9 Å². The van der Waals surface area contributed by atoms with Crippen molar-refractivity contribution in [3.8, 4) is 0 Å². The van der Waals surface area contributed by atoms with Crippen LogP contribution in [0.25, 0.3) is 0 Å². The molecule has 1 N–H and O–H groups in total. The van der Waals surface area contributed by atoms with E-state index in [-0.39, 0.29) is 43.8 Å². The molecular formula is C25H33Cl2N3O4S. The lowest BCUT2D eigenvalue weighted by Crippen LogP contribution is -2.49. The number of nitrogens with one attached hydrogen (secondary N) is 1. The second-order valence-corrected chi connectivity index (χ2v) is 11.6. The Hall–Kier alpha value is -2.29. The number of rotatable bonds is 11. The predicted octanol–water partition coefficient (Wildman–Crippen LogP) is 4.79. The Bertz CT molecular complexity index is 1160. The van der Waals surface area contributed by atoms with Gasteiger partial charge in [0, 0.05) is 35.6 Å². The number of halogens is 2. The van der Waals surface area contributed by atoms with Crippen LogP contribution in [0.3, 0.4) is 0 Å². The van der Waals surface area contributed by atoms with Gasteiger partial charge in [0.05, 0.1) is 11.9 Å². The average molecular weight is 543 g/mol. The molecule has 0 spiro atoms. The Morgan fingerprint density at radius 3 is 2.29 bits per heavy atom. The molecule has 0 aliphatic heterocycles. The number of carbonyl (C=O) groups excluding carboxylic acids is 2. The predicted molar refractivity (Wildman–Crippen MR) is 142 cm³/mol. The minimum Gasteiger partial charge on any atom is -0.352 e. The monoisotopic (exact) mass is 541 g/mol. The van der Waals surface area contributed by atoms with Crippen LogP contribution >= 0.6 is 23.2 Å². The maximum absolute atomic E-state index is 13.3. The second kappa shape index (κ2) is 12.6. The molecule has 10 heteroatoms. The van der Waals surface area contributed by atoms with Crippen LogP contribution < -0.4 is 9.62 Å². The molecule has 2 aromatic carbocycles. The second-order valence-electron chi connectivity index (χ2n) is 8.86. The lowest BCUT2D eigenvalue weighted by atomic mass is 10.1. The van der Waals surface area contributed by atoms with Crippen LogP contribution in [0.1, 0.15) is 44.7 Å². The summed E-state index contributed by atoms with van der Waals surface area (Å²) in [4.78, 5) is 27.5. The summed E-state index contributed by atoms with van der Waals surface area (Å²) >= 11 is 12.2. The first kappa shape index (κ1) is 28.9. The number of aryl methyl sites for hydroxylation is 1. The molecule has 0 bridgehead atoms. The van der Waals surface area contributed by atoms with Crippen molar-refractivity contribution in [3.63, 3.8) is 0 Å². The van der Waals surface area contributed by atoms with Gasteiger partial charge in [-0.25, -0.2) is 8.42 Å². The van der Waals surface area contributed by atoms with Gasteiger partial charge in [0.2, 0.25) is 21.8 Å². The van der Waals surface area contributed by atoms with Crippen molar-refractivity contribution in [1.29, 1.82) is 0 Å². The first-order valence-corrected chi connectivity index (χ1v) is 14.0. The summed E-state index contributed by atoms with van der Waals surface area (Å²) in [6, 6.07) is 11.4. The first-order chi connectivity index (χ1) is 16.3. The molecule has 0 aliphatic rings. The fraction of sp³-hybridized carbons (Fsp3) is 0.440. The molecule has 1 atom stereocenters. The number of hydrogen-bond acceptors (Lipinski definition) is 4. The van der Waals surface area contributed by atoms with Gasteiger partial charge >= 0.3 is 0 Å². The number of carbonyl (C=O) groups is 2. The summed E-state index contributed by atoms with van der Waals surface area (Å²) < 4.78 is 26.3. The van der Waals surface area contributed by atoms with Gasteiger partial charge in [0.1, 0.15) is 6.04 Å². The molecule has 0 saturated carbocycles. The van der Waals surface area contributed by atoms with E-state index in [1.54, 1.807) is 50.2 Å². The Balaban J connectivity index is 2.21. The summed E-state index contributed by atoms with van der Waals surface area (Å²) in [5, 5.41) is 3.80. The van der Waals surface area contributed by atoms with E-state index < -0.39 is 16.1 Å². The molecule has 2 rings (SSSR count). The molecule has 0 radical (unpaired) electrons. The molecular weight excluding hydrogens is 509 g/mol. The molecule has 0 aromatic heterocycles. The molecule has 192 valence electrons. The summed E-state index contributed by atoms with van der Waals surface area (Å²) in [5.74, 6) is -0.518. The van der Waals surface area contributed by atoms with Crippen molar-refractivity contribution < 1.29 is 18.0 Å². The van der Waals surface area contributed by atoms with Crippen molar-refractivity contribution >= 4 is 50.7 Å². The van der Waals surface area contributed by atoms with E-state index in [9.17, 15) is 18.0 Å². The molecule has 0 saturated heterocycles. The standard InChI is InChI=1S/C25H33Cl2N3O4S/c1-17(2)28-25(32)19(4)29(16-20-8-6-9-21(26)14-20)24(31)10-7-13-30(35(5,33)34)23-15-22(27)12-11-18(23)3/h6,8-9,11-12,14-15,17,19H,7,10,13,16H2,1-5H3,(H,28,32)/t19-/m1/s1. The first-order valence-electron chi connectivity index (χ1n) is 11.4. The summed E-state index contributed by atoms with van der Waals surface area (Å²) in [6.07, 6.45) is 1.45. The maximum Gasteiger partial charge on any atom is 0.242 e. The van der Waals surface area contributed by atoms with Crippen LogP contribution in [0, 0.1) is 6.92 Å². The topological polar surface area (TPSA) is 86.8 Å². The molecule has 7 nitrogen and oxygen atoms in total. The summed E-state index contributed by atoms with van der Waals surface area (Å²) in [7, 11) is -3.60.